The number of hydrogen-bond acceptors (Lipinski definition) is 6. The van der Waals surface area contributed by atoms with Gasteiger partial charge >= 0.3 is 0 Å². The highest BCUT2D eigenvalue weighted by atomic mass is 35.5. The van der Waals surface area contributed by atoms with E-state index in [9.17, 15) is 4.79 Å². The molecule has 1 aromatic heterocycles. The second-order valence-electron chi connectivity index (χ2n) is 8.22. The Hall–Kier alpha value is -4.46. The average molecular weight is 539 g/mol. The summed E-state index contributed by atoms with van der Waals surface area (Å²) in [6, 6.07) is 32.1. The first-order valence-electron chi connectivity index (χ1n) is 11.8. The van der Waals surface area contributed by atoms with Crippen LogP contribution >= 0.6 is 22.9 Å². The summed E-state index contributed by atoms with van der Waals surface area (Å²) in [6.45, 7) is 0.325. The largest absolute Gasteiger partial charge is 0.488 e. The number of benzene rings is 4. The lowest BCUT2D eigenvalue weighted by atomic mass is 10.1. The number of ether oxygens (including phenoxy) is 1. The van der Waals surface area contributed by atoms with Gasteiger partial charge in [-0.15, -0.1) is 11.3 Å². The molecule has 188 valence electrons. The van der Waals surface area contributed by atoms with Gasteiger partial charge in [-0.1, -0.05) is 72.3 Å². The lowest BCUT2D eigenvalue weighted by Crippen LogP contribution is -2.17. The molecule has 38 heavy (non-hydrogen) atoms. The molecule has 0 atom stereocenters. The number of para-hydroxylation sites is 2. The van der Waals surface area contributed by atoms with Crippen molar-refractivity contribution in [2.75, 3.05) is 5.32 Å². The summed E-state index contributed by atoms with van der Waals surface area (Å²) in [6.07, 6.45) is 1.56. The summed E-state index contributed by atoms with van der Waals surface area (Å²) in [5.74, 6) is 0.325. The number of carbonyl (C=O) groups excluding carboxylic acids is 1. The Bertz CT molecular complexity index is 1550. The first kappa shape index (κ1) is 25.2. The highest BCUT2D eigenvalue weighted by Gasteiger charge is 2.09. The Morgan fingerprint density at radius 3 is 2.47 bits per heavy atom. The maximum Gasteiger partial charge on any atom is 0.271 e. The highest BCUT2D eigenvalue weighted by molar-refractivity contribution is 7.14. The van der Waals surface area contributed by atoms with Gasteiger partial charge in [0.05, 0.1) is 11.9 Å². The van der Waals surface area contributed by atoms with Crippen LogP contribution in [0.15, 0.2) is 114 Å². The van der Waals surface area contributed by atoms with Crippen LogP contribution in [0.5, 0.6) is 5.75 Å². The molecule has 0 saturated heterocycles. The second kappa shape index (κ2) is 12.2. The van der Waals surface area contributed by atoms with Crippen LogP contribution in [0.25, 0.3) is 11.3 Å². The number of nitrogens with one attached hydrogen (secondary N) is 2. The van der Waals surface area contributed by atoms with Gasteiger partial charge in [-0.3, -0.25) is 4.79 Å². The lowest BCUT2D eigenvalue weighted by molar-refractivity contribution is 0.0955. The maximum absolute atomic E-state index is 12.6. The van der Waals surface area contributed by atoms with E-state index in [1.54, 1.807) is 18.3 Å². The molecule has 5 aromatic rings. The van der Waals surface area contributed by atoms with Gasteiger partial charge in [0.1, 0.15) is 12.4 Å². The Balaban J connectivity index is 1.18. The van der Waals surface area contributed by atoms with Gasteiger partial charge in [0.2, 0.25) is 0 Å². The number of halogens is 1. The molecule has 0 aliphatic carbocycles. The third-order valence-electron chi connectivity index (χ3n) is 5.60. The number of amides is 1. The predicted octanol–water partition coefficient (Wildman–Crippen LogP) is 7.55. The van der Waals surface area contributed by atoms with Crippen LogP contribution in [0.1, 0.15) is 21.5 Å². The molecule has 0 bridgehead atoms. The molecule has 8 heteroatoms. The lowest BCUT2D eigenvalue weighted by Gasteiger charge is -2.10. The number of rotatable bonds is 9. The smallest absolute Gasteiger partial charge is 0.271 e. The van der Waals surface area contributed by atoms with Crippen molar-refractivity contribution in [3.63, 3.8) is 0 Å². The molecule has 0 saturated carbocycles. The van der Waals surface area contributed by atoms with E-state index >= 15 is 0 Å². The molecular weight excluding hydrogens is 516 g/mol. The molecule has 0 unspecified atom stereocenters. The molecule has 0 aliphatic rings. The van der Waals surface area contributed by atoms with Crippen LogP contribution in [0.3, 0.4) is 0 Å². The molecule has 1 heterocycles. The van der Waals surface area contributed by atoms with Gasteiger partial charge in [-0.05, 0) is 42.5 Å². The number of carbonyl (C=O) groups is 1. The fourth-order valence-electron chi connectivity index (χ4n) is 3.62. The summed E-state index contributed by atoms with van der Waals surface area (Å²) < 4.78 is 5.94. The molecule has 1 amide bonds. The first-order chi connectivity index (χ1) is 18.7. The van der Waals surface area contributed by atoms with Gasteiger partial charge in [0.25, 0.3) is 5.91 Å². The number of hydrazone groups is 1. The van der Waals surface area contributed by atoms with Gasteiger partial charge in [0.15, 0.2) is 5.13 Å². The molecule has 4 aromatic carbocycles. The Labute approximate surface area is 229 Å². The van der Waals surface area contributed by atoms with Crippen molar-refractivity contribution in [3.8, 4) is 17.0 Å². The van der Waals surface area contributed by atoms with Gasteiger partial charge in [-0.2, -0.15) is 5.10 Å². The SMILES string of the molecule is O=C(N/N=C\c1ccccc1OCc1ccccc1Cl)c1ccc(-c2csc(Nc3ccccc3)n2)cc1. The van der Waals surface area contributed by atoms with E-state index in [1.165, 1.54) is 11.3 Å². The van der Waals surface area contributed by atoms with Crippen molar-refractivity contribution >= 4 is 45.9 Å². The number of hydrogen-bond donors (Lipinski definition) is 2. The fraction of sp³-hybridized carbons (Fsp3) is 0.0333. The van der Waals surface area contributed by atoms with Crippen molar-refractivity contribution in [1.82, 2.24) is 10.4 Å². The minimum Gasteiger partial charge on any atom is -0.488 e. The zero-order chi connectivity index (χ0) is 26.2. The van der Waals surface area contributed by atoms with E-state index in [4.69, 9.17) is 16.3 Å². The summed E-state index contributed by atoms with van der Waals surface area (Å²) >= 11 is 7.75. The summed E-state index contributed by atoms with van der Waals surface area (Å²) in [5, 5.41) is 10.9. The average Bonchev–Trinajstić information content (AvgIpc) is 3.42. The zero-order valence-corrected chi connectivity index (χ0v) is 21.7. The second-order valence-corrected chi connectivity index (χ2v) is 9.49. The van der Waals surface area contributed by atoms with Gasteiger partial charge < -0.3 is 10.1 Å². The normalized spacial score (nSPS) is 10.9. The predicted molar refractivity (Wildman–Crippen MR) is 155 cm³/mol. The molecule has 2 N–H and O–H groups in total. The van der Waals surface area contributed by atoms with Crippen molar-refractivity contribution in [2.24, 2.45) is 5.10 Å². The molecule has 6 nitrogen and oxygen atoms in total. The van der Waals surface area contributed by atoms with Crippen molar-refractivity contribution in [2.45, 2.75) is 6.61 Å². The van der Waals surface area contributed by atoms with Gasteiger partial charge in [-0.25, -0.2) is 10.4 Å². The fourth-order valence-corrected chi connectivity index (χ4v) is 4.55. The van der Waals surface area contributed by atoms with Crippen molar-refractivity contribution in [1.29, 1.82) is 0 Å². The van der Waals surface area contributed by atoms with Crippen LogP contribution in [0.4, 0.5) is 10.8 Å². The Morgan fingerprint density at radius 1 is 0.921 bits per heavy atom. The third-order valence-corrected chi connectivity index (χ3v) is 6.73. The van der Waals surface area contributed by atoms with Crippen LogP contribution in [0.2, 0.25) is 5.02 Å². The summed E-state index contributed by atoms with van der Waals surface area (Å²) in [7, 11) is 0. The minimum atomic E-state index is -0.313. The highest BCUT2D eigenvalue weighted by Crippen LogP contribution is 2.27. The summed E-state index contributed by atoms with van der Waals surface area (Å²) in [5.41, 5.74) is 7.44. The summed E-state index contributed by atoms with van der Waals surface area (Å²) in [4.78, 5) is 17.3. The van der Waals surface area contributed by atoms with E-state index in [-0.39, 0.29) is 5.91 Å². The Morgan fingerprint density at radius 2 is 1.66 bits per heavy atom. The van der Waals surface area contributed by atoms with E-state index in [2.05, 4.69) is 20.8 Å². The quantitative estimate of drug-likeness (QED) is 0.150. The Kier molecular flexibility index (Phi) is 8.08. The number of aromatic nitrogens is 1. The molecule has 0 fully saturated rings. The number of thiazole rings is 1. The van der Waals surface area contributed by atoms with Crippen LogP contribution in [0, 0.1) is 0 Å². The van der Waals surface area contributed by atoms with Crippen LogP contribution in [-0.2, 0) is 6.61 Å². The molecule has 0 radical (unpaired) electrons. The van der Waals surface area contributed by atoms with Crippen LogP contribution in [-0.4, -0.2) is 17.1 Å². The third kappa shape index (κ3) is 6.45. The molecule has 5 rings (SSSR count). The topological polar surface area (TPSA) is 75.6 Å². The monoisotopic (exact) mass is 538 g/mol. The van der Waals surface area contributed by atoms with E-state index in [1.807, 2.05) is 96.4 Å². The maximum atomic E-state index is 12.6. The molecule has 0 aliphatic heterocycles. The van der Waals surface area contributed by atoms with Gasteiger partial charge in [0, 0.05) is 38.3 Å². The zero-order valence-electron chi connectivity index (χ0n) is 20.2. The van der Waals surface area contributed by atoms with Crippen molar-refractivity contribution in [3.05, 3.63) is 130 Å². The standard InChI is InChI=1S/C30H23ClN4O2S/c31-26-12-6-4-9-24(26)19-37-28-13-7-5-8-23(28)18-32-35-29(36)22-16-14-21(15-17-22)27-20-38-30(34-27)33-25-10-2-1-3-11-25/h1-18,20H,19H2,(H,33,34)(H,35,36)/b32-18-. The molecule has 0 spiro atoms. The van der Waals surface area contributed by atoms with E-state index in [0.29, 0.717) is 22.9 Å². The minimum absolute atomic E-state index is 0.313. The van der Waals surface area contributed by atoms with Crippen molar-refractivity contribution < 1.29 is 9.53 Å². The van der Waals surface area contributed by atoms with E-state index in [0.717, 1.165) is 33.2 Å². The molecular formula is C30H23ClN4O2S. The number of nitrogens with zero attached hydrogens (tertiary/aromatic N) is 2. The van der Waals surface area contributed by atoms with Crippen LogP contribution < -0.4 is 15.5 Å². The first-order valence-corrected chi connectivity index (χ1v) is 13.1. The number of anilines is 2. The van der Waals surface area contributed by atoms with E-state index < -0.39 is 0 Å².